The van der Waals surface area contributed by atoms with Gasteiger partial charge in [-0.3, -0.25) is 0 Å². The van der Waals surface area contributed by atoms with Crippen LogP contribution >= 0.6 is 23.8 Å². The van der Waals surface area contributed by atoms with E-state index >= 15 is 0 Å². The smallest absolute Gasteiger partial charge is 0 e. The molecule has 0 amide bonds. The summed E-state index contributed by atoms with van der Waals surface area (Å²) in [5.74, 6) is 0. The van der Waals surface area contributed by atoms with Gasteiger partial charge in [-0.25, -0.2) is 0 Å². The zero-order chi connectivity index (χ0) is 38.7. The summed E-state index contributed by atoms with van der Waals surface area (Å²) in [5.41, 5.74) is 0. The van der Waals surface area contributed by atoms with E-state index in [9.17, 15) is 0 Å². The van der Waals surface area contributed by atoms with Gasteiger partial charge in [0.25, 0.3) is 0 Å². The van der Waals surface area contributed by atoms with Gasteiger partial charge in [0.2, 0.25) is 0 Å². The summed E-state index contributed by atoms with van der Waals surface area (Å²) in [6.07, 6.45) is 0. The summed E-state index contributed by atoms with van der Waals surface area (Å²) in [6, 6.07) is 97.0. The Morgan fingerprint density at radius 1 is 0.153 bits per heavy atom. The fourth-order valence-electron chi connectivity index (χ4n) is 6.54. The molecular weight excluding hydrogens is 927 g/mol. The van der Waals surface area contributed by atoms with E-state index in [-0.39, 0.29) is 40.5 Å². The molecule has 0 fully saturated rings. The molecule has 0 heterocycles. The molecule has 0 aliphatic rings. The monoisotopic (exact) mass is 971 g/mol. The number of benzene rings is 9. The predicted octanol–water partition coefficient (Wildman–Crippen LogP) is 7.34. The maximum atomic E-state index is 2.23. The van der Waals surface area contributed by atoms with Gasteiger partial charge in [0, 0.05) is 16.5 Å². The Morgan fingerprint density at radius 2 is 0.237 bits per heavy atom. The van der Waals surface area contributed by atoms with Crippen LogP contribution in [0.5, 0.6) is 0 Å². The molecular formula is C54H45INiP3-. The van der Waals surface area contributed by atoms with Crippen molar-refractivity contribution in [3.63, 3.8) is 0 Å². The average Bonchev–Trinajstić information content (AvgIpc) is 3.30. The third kappa shape index (κ3) is 13.2. The zero-order valence-corrected chi connectivity index (χ0v) is 38.3. The van der Waals surface area contributed by atoms with Crippen LogP contribution in [-0.2, 0) is 16.5 Å². The molecule has 9 aromatic carbocycles. The van der Waals surface area contributed by atoms with Crippen molar-refractivity contribution in [2.24, 2.45) is 0 Å². The van der Waals surface area contributed by atoms with Crippen LogP contribution in [0, 0.1) is 0 Å². The van der Waals surface area contributed by atoms with Crippen LogP contribution in [0.1, 0.15) is 0 Å². The number of hydrogen-bond donors (Lipinski definition) is 0. The molecule has 0 spiro atoms. The van der Waals surface area contributed by atoms with Crippen molar-refractivity contribution in [3.8, 4) is 0 Å². The topological polar surface area (TPSA) is 0 Å². The molecule has 0 aromatic heterocycles. The van der Waals surface area contributed by atoms with Crippen molar-refractivity contribution < 1.29 is 40.5 Å². The minimum absolute atomic E-state index is 0. The molecule has 0 aliphatic heterocycles. The fraction of sp³-hybridized carbons (Fsp3) is 0. The largest absolute Gasteiger partial charge is 1.00 e. The van der Waals surface area contributed by atoms with Crippen LogP contribution in [0.15, 0.2) is 273 Å². The van der Waals surface area contributed by atoms with E-state index in [4.69, 9.17) is 0 Å². The van der Waals surface area contributed by atoms with Crippen LogP contribution in [0.3, 0.4) is 0 Å². The summed E-state index contributed by atoms with van der Waals surface area (Å²) >= 11 is 0. The second-order valence-electron chi connectivity index (χ2n) is 13.0. The number of hydrogen-bond acceptors (Lipinski definition) is 0. The Kier molecular flexibility index (Phi) is 19.5. The van der Waals surface area contributed by atoms with E-state index in [0.717, 1.165) is 0 Å². The van der Waals surface area contributed by atoms with Crippen LogP contribution in [0.4, 0.5) is 0 Å². The molecule has 59 heavy (non-hydrogen) atoms. The van der Waals surface area contributed by atoms with Crippen LogP contribution in [0.25, 0.3) is 0 Å². The van der Waals surface area contributed by atoms with Crippen molar-refractivity contribution in [2.75, 3.05) is 0 Å². The third-order valence-corrected chi connectivity index (χ3v) is 16.5. The standard InChI is InChI=1S/3C18H15P.HI.Ni/c3*1-4-10-16(11-5-1)19(17-12-6-2-7-13-17)18-14-8-3-9-15-18;;/h3*1-15H;1H;/p-1. The second kappa shape index (κ2) is 25.2. The fourth-order valence-corrected chi connectivity index (χ4v) is 13.5. The van der Waals surface area contributed by atoms with Crippen molar-refractivity contribution in [3.05, 3.63) is 273 Å². The van der Waals surface area contributed by atoms with Gasteiger partial charge in [0.1, 0.15) is 0 Å². The molecule has 0 aliphatic carbocycles. The van der Waals surface area contributed by atoms with Crippen LogP contribution in [0.2, 0.25) is 0 Å². The molecule has 0 bridgehead atoms. The first-order chi connectivity index (χ1) is 28.3. The summed E-state index contributed by atoms with van der Waals surface area (Å²) < 4.78 is 0. The third-order valence-electron chi connectivity index (χ3n) is 9.13. The van der Waals surface area contributed by atoms with Gasteiger partial charge >= 0.3 is 0 Å². The van der Waals surface area contributed by atoms with Crippen molar-refractivity contribution in [2.45, 2.75) is 0 Å². The van der Waals surface area contributed by atoms with E-state index in [1.54, 1.807) is 0 Å². The first-order valence-corrected chi connectivity index (χ1v) is 23.2. The first-order valence-electron chi connectivity index (χ1n) is 19.2. The molecule has 9 rings (SSSR count). The van der Waals surface area contributed by atoms with E-state index in [0.29, 0.717) is 0 Å². The van der Waals surface area contributed by atoms with Crippen molar-refractivity contribution in [1.82, 2.24) is 0 Å². The molecule has 0 nitrogen and oxygen atoms in total. The van der Waals surface area contributed by atoms with Gasteiger partial charge in [0.05, 0.1) is 0 Å². The van der Waals surface area contributed by atoms with Gasteiger partial charge in [-0.05, 0) is 71.5 Å². The summed E-state index contributed by atoms with van der Waals surface area (Å²) in [5, 5.41) is 12.6. The first kappa shape index (κ1) is 45.6. The van der Waals surface area contributed by atoms with Gasteiger partial charge < -0.3 is 24.0 Å². The SMILES string of the molecule is [I-].[Ni].c1ccc(P(c2ccccc2)c2ccccc2)cc1.c1ccc(P(c2ccccc2)c2ccccc2)cc1.c1ccc(P(c2ccccc2)c2ccccc2)cc1. The molecule has 9 aromatic rings. The molecule has 0 saturated carbocycles. The maximum absolute atomic E-state index is 2.23. The molecule has 0 atom stereocenters. The normalized spacial score (nSPS) is 10.2. The van der Waals surface area contributed by atoms with E-state index < -0.39 is 23.8 Å². The molecule has 0 radical (unpaired) electrons. The number of halogens is 1. The Hall–Kier alpha value is -4.51. The molecule has 0 saturated heterocycles. The second-order valence-corrected chi connectivity index (χ2v) is 19.7. The summed E-state index contributed by atoms with van der Waals surface area (Å²) in [6.45, 7) is 0. The van der Waals surface area contributed by atoms with Gasteiger partial charge in [-0.1, -0.05) is 273 Å². The quantitative estimate of drug-likeness (QED) is 0.0809. The predicted molar refractivity (Wildman–Crippen MR) is 255 cm³/mol. The molecule has 0 unspecified atom stereocenters. The van der Waals surface area contributed by atoms with Gasteiger partial charge in [0.15, 0.2) is 0 Å². The van der Waals surface area contributed by atoms with Gasteiger partial charge in [-0.15, -0.1) is 0 Å². The average molecular weight is 972 g/mol. The van der Waals surface area contributed by atoms with Crippen molar-refractivity contribution >= 4 is 71.5 Å². The van der Waals surface area contributed by atoms with Crippen LogP contribution < -0.4 is 71.7 Å². The Labute approximate surface area is 382 Å². The Bertz CT molecular complexity index is 1870. The molecule has 294 valence electrons. The Morgan fingerprint density at radius 3 is 0.322 bits per heavy atom. The Balaban J connectivity index is 0.000000165. The van der Waals surface area contributed by atoms with Gasteiger partial charge in [-0.2, -0.15) is 0 Å². The van der Waals surface area contributed by atoms with E-state index in [1.165, 1.54) is 47.7 Å². The van der Waals surface area contributed by atoms with Crippen LogP contribution in [-0.4, -0.2) is 0 Å². The maximum Gasteiger partial charge on any atom is 0 e. The molecule has 0 N–H and O–H groups in total. The minimum atomic E-state index is -0.446. The number of rotatable bonds is 9. The zero-order valence-electron chi connectivity index (χ0n) is 32.5. The van der Waals surface area contributed by atoms with Crippen molar-refractivity contribution in [1.29, 1.82) is 0 Å². The van der Waals surface area contributed by atoms with E-state index in [2.05, 4.69) is 273 Å². The molecule has 5 heteroatoms. The minimum Gasteiger partial charge on any atom is -1.00 e. The summed E-state index contributed by atoms with van der Waals surface area (Å²) in [7, 11) is -1.34. The summed E-state index contributed by atoms with van der Waals surface area (Å²) in [4.78, 5) is 0. The van der Waals surface area contributed by atoms with E-state index in [1.807, 2.05) is 0 Å².